The van der Waals surface area contributed by atoms with Gasteiger partial charge in [-0.3, -0.25) is 9.59 Å². The van der Waals surface area contributed by atoms with Gasteiger partial charge < -0.3 is 4.74 Å². The van der Waals surface area contributed by atoms with E-state index in [0.29, 0.717) is 36.5 Å². The molecule has 0 aliphatic heterocycles. The van der Waals surface area contributed by atoms with E-state index in [2.05, 4.69) is 0 Å². The number of hydrogen-bond donors (Lipinski definition) is 0. The minimum absolute atomic E-state index is 0.202. The second kappa shape index (κ2) is 6.77. The van der Waals surface area contributed by atoms with E-state index in [1.165, 1.54) is 0 Å². The predicted octanol–water partition coefficient (Wildman–Crippen LogP) is 4.45. The molecule has 0 heterocycles. The number of carbonyl (C=O) groups excluding carboxylic acids is 2. The van der Waals surface area contributed by atoms with Gasteiger partial charge in [-0.25, -0.2) is 0 Å². The third-order valence-corrected chi connectivity index (χ3v) is 4.90. The van der Waals surface area contributed by atoms with E-state index in [4.69, 9.17) is 39.5 Å². The Bertz CT molecular complexity index is 624. The summed E-state index contributed by atoms with van der Waals surface area (Å²) in [5.74, 6) is -0.626. The topological polar surface area (TPSA) is 43.4 Å². The van der Waals surface area contributed by atoms with Gasteiger partial charge >= 0.3 is 5.97 Å². The molecule has 6 heteroatoms. The summed E-state index contributed by atoms with van der Waals surface area (Å²) in [6, 6.07) is 1.82. The van der Waals surface area contributed by atoms with Crippen LogP contribution in [0.25, 0.3) is 0 Å². The molecule has 0 amide bonds. The van der Waals surface area contributed by atoms with E-state index in [1.54, 1.807) is 6.92 Å². The molecule has 1 aliphatic rings. The van der Waals surface area contributed by atoms with Crippen molar-refractivity contribution in [3.63, 3.8) is 0 Å². The van der Waals surface area contributed by atoms with Crippen LogP contribution in [-0.2, 0) is 22.4 Å². The molecule has 0 fully saturated rings. The molecular formula is C16H17Cl3O3. The van der Waals surface area contributed by atoms with Gasteiger partial charge in [0.15, 0.2) is 10.1 Å². The molecule has 22 heavy (non-hydrogen) atoms. The lowest BCUT2D eigenvalue weighted by atomic mass is 9.83. The number of rotatable bonds is 4. The second-order valence-electron chi connectivity index (χ2n) is 5.35. The van der Waals surface area contributed by atoms with Gasteiger partial charge in [0.05, 0.1) is 6.61 Å². The quantitative estimate of drug-likeness (QED) is 0.586. The lowest BCUT2D eigenvalue weighted by Gasteiger charge is -2.29. The third-order valence-electron chi connectivity index (χ3n) is 3.84. The number of carbonyl (C=O) groups is 2. The number of Topliss-reactive ketones (excluding diaryl/α,β-unsaturated/α-hetero) is 1. The molecule has 0 saturated heterocycles. The average Bonchev–Trinajstić information content (AvgIpc) is 2.43. The summed E-state index contributed by atoms with van der Waals surface area (Å²) < 4.78 is 3.51. The molecule has 0 radical (unpaired) electrons. The van der Waals surface area contributed by atoms with Gasteiger partial charge in [0.25, 0.3) is 0 Å². The Kier molecular flexibility index (Phi) is 5.41. The van der Waals surface area contributed by atoms with Gasteiger partial charge in [-0.1, -0.05) is 34.8 Å². The first-order valence-electron chi connectivity index (χ1n) is 7.17. The fourth-order valence-electron chi connectivity index (χ4n) is 2.74. The number of alkyl halides is 2. The molecule has 120 valence electrons. The lowest BCUT2D eigenvalue weighted by Crippen LogP contribution is -2.33. The molecule has 3 nitrogen and oxygen atoms in total. The second-order valence-corrected chi connectivity index (χ2v) is 7.24. The molecule has 2 rings (SSSR count). The summed E-state index contributed by atoms with van der Waals surface area (Å²) in [5.41, 5.74) is 2.88. The number of ether oxygens (including phenoxy) is 1. The van der Waals surface area contributed by atoms with E-state index in [9.17, 15) is 9.59 Å². The van der Waals surface area contributed by atoms with Gasteiger partial charge in [0, 0.05) is 17.0 Å². The van der Waals surface area contributed by atoms with Crippen molar-refractivity contribution >= 4 is 46.6 Å². The normalized spacial score (nSPS) is 16.3. The Hall–Kier alpha value is -0.770. The summed E-state index contributed by atoms with van der Waals surface area (Å²) >= 11 is 18.5. The SMILES string of the molecule is CCOC(=O)CCc1c(C)cc(Cl)c2c1C(=O)C(Cl)(Cl)CC2. The summed E-state index contributed by atoms with van der Waals surface area (Å²) in [6.07, 6.45) is 1.48. The monoisotopic (exact) mass is 362 g/mol. The molecule has 0 spiro atoms. The molecule has 1 aromatic carbocycles. The molecule has 0 saturated carbocycles. The van der Waals surface area contributed by atoms with Crippen molar-refractivity contribution in [1.29, 1.82) is 0 Å². The van der Waals surface area contributed by atoms with Gasteiger partial charge in [-0.15, -0.1) is 0 Å². The van der Waals surface area contributed by atoms with Gasteiger partial charge in [-0.05, 0) is 55.9 Å². The number of aryl methyl sites for hydroxylation is 1. The molecule has 1 aromatic rings. The minimum Gasteiger partial charge on any atom is -0.466 e. The fraction of sp³-hybridized carbons (Fsp3) is 0.500. The number of halogens is 3. The van der Waals surface area contributed by atoms with E-state index in [1.807, 2.05) is 13.0 Å². The van der Waals surface area contributed by atoms with Gasteiger partial charge in [-0.2, -0.15) is 0 Å². The van der Waals surface area contributed by atoms with Crippen molar-refractivity contribution in [2.24, 2.45) is 0 Å². The maximum Gasteiger partial charge on any atom is 0.306 e. The third kappa shape index (κ3) is 3.42. The molecule has 0 bridgehead atoms. The molecule has 0 N–H and O–H groups in total. The van der Waals surface area contributed by atoms with Crippen LogP contribution in [-0.4, -0.2) is 22.7 Å². The van der Waals surface area contributed by atoms with E-state index >= 15 is 0 Å². The Morgan fingerprint density at radius 3 is 2.73 bits per heavy atom. The highest BCUT2D eigenvalue weighted by Crippen LogP contribution is 2.42. The summed E-state index contributed by atoms with van der Waals surface area (Å²) in [7, 11) is 0. The highest BCUT2D eigenvalue weighted by atomic mass is 35.5. The van der Waals surface area contributed by atoms with E-state index in [-0.39, 0.29) is 18.2 Å². The zero-order valence-electron chi connectivity index (χ0n) is 12.5. The van der Waals surface area contributed by atoms with Crippen LogP contribution in [0.5, 0.6) is 0 Å². The fourth-order valence-corrected chi connectivity index (χ4v) is 3.47. The largest absolute Gasteiger partial charge is 0.466 e. The first-order chi connectivity index (χ1) is 10.3. The smallest absolute Gasteiger partial charge is 0.306 e. The Labute approximate surface area is 144 Å². The lowest BCUT2D eigenvalue weighted by molar-refractivity contribution is -0.143. The van der Waals surface area contributed by atoms with Crippen molar-refractivity contribution in [3.05, 3.63) is 33.3 Å². The number of esters is 1. The van der Waals surface area contributed by atoms with Gasteiger partial charge in [0.1, 0.15) is 0 Å². The molecule has 0 unspecified atom stereocenters. The van der Waals surface area contributed by atoms with Crippen LogP contribution in [0.4, 0.5) is 0 Å². The van der Waals surface area contributed by atoms with Crippen LogP contribution < -0.4 is 0 Å². The highest BCUT2D eigenvalue weighted by Gasteiger charge is 2.41. The maximum absolute atomic E-state index is 12.6. The van der Waals surface area contributed by atoms with Crippen LogP contribution in [0, 0.1) is 6.92 Å². The van der Waals surface area contributed by atoms with Crippen molar-refractivity contribution in [2.45, 2.75) is 43.9 Å². The zero-order valence-corrected chi connectivity index (χ0v) is 14.7. The Morgan fingerprint density at radius 1 is 1.41 bits per heavy atom. The van der Waals surface area contributed by atoms with Crippen LogP contribution in [0.15, 0.2) is 6.07 Å². The first kappa shape index (κ1) is 17.6. The van der Waals surface area contributed by atoms with E-state index < -0.39 is 4.33 Å². The molecular weight excluding hydrogens is 347 g/mol. The number of hydrogen-bond acceptors (Lipinski definition) is 3. The highest BCUT2D eigenvalue weighted by molar-refractivity contribution is 6.60. The molecule has 0 atom stereocenters. The Balaban J connectivity index is 2.42. The van der Waals surface area contributed by atoms with Crippen molar-refractivity contribution in [2.75, 3.05) is 6.61 Å². The van der Waals surface area contributed by atoms with Crippen LogP contribution in [0.3, 0.4) is 0 Å². The number of benzene rings is 1. The minimum atomic E-state index is -1.43. The van der Waals surface area contributed by atoms with Crippen LogP contribution in [0.2, 0.25) is 5.02 Å². The molecule has 1 aliphatic carbocycles. The zero-order chi connectivity index (χ0) is 16.5. The van der Waals surface area contributed by atoms with Crippen LogP contribution >= 0.6 is 34.8 Å². The van der Waals surface area contributed by atoms with Gasteiger partial charge in [0.2, 0.25) is 0 Å². The Morgan fingerprint density at radius 2 is 2.09 bits per heavy atom. The number of ketones is 1. The van der Waals surface area contributed by atoms with Crippen molar-refractivity contribution in [3.8, 4) is 0 Å². The first-order valence-corrected chi connectivity index (χ1v) is 8.30. The summed E-state index contributed by atoms with van der Waals surface area (Å²) in [4.78, 5) is 24.2. The summed E-state index contributed by atoms with van der Waals surface area (Å²) in [6.45, 7) is 3.95. The predicted molar refractivity (Wildman–Crippen MR) is 88.2 cm³/mol. The average molecular weight is 364 g/mol. The van der Waals surface area contributed by atoms with E-state index in [0.717, 1.165) is 16.7 Å². The van der Waals surface area contributed by atoms with Crippen LogP contribution in [0.1, 0.15) is 46.8 Å². The molecule has 0 aromatic heterocycles. The van der Waals surface area contributed by atoms with Crippen molar-refractivity contribution < 1.29 is 14.3 Å². The standard InChI is InChI=1S/C16H17Cl3O3/c1-3-22-13(20)5-4-10-9(2)8-12(17)11-6-7-16(18,19)15(21)14(10)11/h8H,3-7H2,1-2H3. The number of fused-ring (bicyclic) bond motifs is 1. The summed E-state index contributed by atoms with van der Waals surface area (Å²) in [5, 5.41) is 0.546. The van der Waals surface area contributed by atoms with Crippen molar-refractivity contribution in [1.82, 2.24) is 0 Å². The maximum atomic E-state index is 12.6.